The molecule has 0 atom stereocenters. The number of esters is 1. The Kier molecular flexibility index (Phi) is 4.45. The molecule has 0 aliphatic carbocycles. The first kappa shape index (κ1) is 14.6. The van der Waals surface area contributed by atoms with Crippen molar-refractivity contribution in [3.63, 3.8) is 0 Å². The number of halogens is 1. The van der Waals surface area contributed by atoms with Crippen LogP contribution in [0, 0.1) is 13.8 Å². The largest absolute Gasteiger partial charge is 0.457 e. The molecule has 2 N–H and O–H groups in total. The number of nitrogen functional groups attached to an aromatic ring is 1. The number of carbonyl (C=O) groups is 1. The van der Waals surface area contributed by atoms with E-state index >= 15 is 0 Å². The van der Waals surface area contributed by atoms with E-state index in [0.29, 0.717) is 11.3 Å². The standard InChI is InChI=1S/C16H16BrNO2/c1-10-3-4-12(5-11(10)2)9-20-16(19)13-6-14(17)8-15(18)7-13/h3-8H,9,18H2,1-2H3. The molecule has 0 aromatic heterocycles. The molecule has 0 saturated heterocycles. The molecule has 3 nitrogen and oxygen atoms in total. The number of hydrogen-bond acceptors (Lipinski definition) is 3. The summed E-state index contributed by atoms with van der Waals surface area (Å²) in [7, 11) is 0. The number of hydrogen-bond donors (Lipinski definition) is 1. The molecule has 0 saturated carbocycles. The Morgan fingerprint density at radius 1 is 1.15 bits per heavy atom. The van der Waals surface area contributed by atoms with Gasteiger partial charge in [0.2, 0.25) is 0 Å². The topological polar surface area (TPSA) is 52.3 Å². The highest BCUT2D eigenvalue weighted by molar-refractivity contribution is 9.10. The Hall–Kier alpha value is -1.81. The van der Waals surface area contributed by atoms with E-state index in [-0.39, 0.29) is 12.6 Å². The minimum atomic E-state index is -0.378. The molecule has 0 radical (unpaired) electrons. The van der Waals surface area contributed by atoms with Gasteiger partial charge in [-0.2, -0.15) is 0 Å². The number of ether oxygens (including phenoxy) is 1. The molecule has 20 heavy (non-hydrogen) atoms. The fourth-order valence-electron chi connectivity index (χ4n) is 1.86. The average molecular weight is 334 g/mol. The number of carbonyl (C=O) groups excluding carboxylic acids is 1. The molecule has 0 bridgehead atoms. The van der Waals surface area contributed by atoms with Gasteiger partial charge in [-0.15, -0.1) is 0 Å². The summed E-state index contributed by atoms with van der Waals surface area (Å²) in [6.07, 6.45) is 0. The lowest BCUT2D eigenvalue weighted by molar-refractivity contribution is 0.0472. The van der Waals surface area contributed by atoms with Crippen LogP contribution in [0.2, 0.25) is 0 Å². The molecular weight excluding hydrogens is 318 g/mol. The summed E-state index contributed by atoms with van der Waals surface area (Å²) in [6.45, 7) is 4.34. The van der Waals surface area contributed by atoms with Crippen LogP contribution in [-0.2, 0) is 11.3 Å². The smallest absolute Gasteiger partial charge is 0.338 e. The van der Waals surface area contributed by atoms with Crippen molar-refractivity contribution >= 4 is 27.6 Å². The maximum atomic E-state index is 12.0. The van der Waals surface area contributed by atoms with Crippen LogP contribution >= 0.6 is 15.9 Å². The van der Waals surface area contributed by atoms with Crippen molar-refractivity contribution in [2.45, 2.75) is 20.5 Å². The minimum Gasteiger partial charge on any atom is -0.457 e. The van der Waals surface area contributed by atoms with E-state index in [4.69, 9.17) is 10.5 Å². The van der Waals surface area contributed by atoms with Crippen molar-refractivity contribution in [2.24, 2.45) is 0 Å². The Morgan fingerprint density at radius 2 is 1.90 bits per heavy atom. The van der Waals surface area contributed by atoms with Crippen LogP contribution in [-0.4, -0.2) is 5.97 Å². The van der Waals surface area contributed by atoms with Crippen molar-refractivity contribution < 1.29 is 9.53 Å². The van der Waals surface area contributed by atoms with Crippen LogP contribution in [0.5, 0.6) is 0 Å². The highest BCUT2D eigenvalue weighted by Crippen LogP contribution is 2.18. The van der Waals surface area contributed by atoms with Gasteiger partial charge in [-0.1, -0.05) is 34.1 Å². The lowest BCUT2D eigenvalue weighted by atomic mass is 10.1. The quantitative estimate of drug-likeness (QED) is 0.682. The molecule has 0 amide bonds. The molecule has 0 fully saturated rings. The van der Waals surface area contributed by atoms with Gasteiger partial charge in [0.15, 0.2) is 0 Å². The third-order valence-corrected chi connectivity index (χ3v) is 3.55. The lowest BCUT2D eigenvalue weighted by Crippen LogP contribution is -2.06. The predicted molar refractivity (Wildman–Crippen MR) is 83.6 cm³/mol. The van der Waals surface area contributed by atoms with Gasteiger partial charge in [-0.05, 0) is 48.7 Å². The molecular formula is C16H16BrNO2. The summed E-state index contributed by atoms with van der Waals surface area (Å²) >= 11 is 3.31. The summed E-state index contributed by atoms with van der Waals surface area (Å²) < 4.78 is 6.06. The number of nitrogens with two attached hydrogens (primary N) is 1. The van der Waals surface area contributed by atoms with E-state index in [0.717, 1.165) is 10.0 Å². The van der Waals surface area contributed by atoms with E-state index in [1.165, 1.54) is 11.1 Å². The van der Waals surface area contributed by atoms with Crippen molar-refractivity contribution in [3.8, 4) is 0 Å². The van der Waals surface area contributed by atoms with Gasteiger partial charge in [0.1, 0.15) is 6.61 Å². The maximum absolute atomic E-state index is 12.0. The van der Waals surface area contributed by atoms with Crippen LogP contribution in [0.1, 0.15) is 27.0 Å². The van der Waals surface area contributed by atoms with Crippen LogP contribution < -0.4 is 5.73 Å². The van der Waals surface area contributed by atoms with Gasteiger partial charge in [0.25, 0.3) is 0 Å². The van der Waals surface area contributed by atoms with Crippen molar-refractivity contribution in [1.82, 2.24) is 0 Å². The van der Waals surface area contributed by atoms with Crippen LogP contribution in [0.25, 0.3) is 0 Å². The molecule has 0 unspecified atom stereocenters. The van der Waals surface area contributed by atoms with Crippen LogP contribution in [0.4, 0.5) is 5.69 Å². The predicted octanol–water partition coefficient (Wildman–Crippen LogP) is 4.01. The Bertz CT molecular complexity index is 633. The minimum absolute atomic E-state index is 0.256. The average Bonchev–Trinajstić information content (AvgIpc) is 2.38. The number of rotatable bonds is 3. The fraction of sp³-hybridized carbons (Fsp3) is 0.188. The zero-order valence-corrected chi connectivity index (χ0v) is 13.0. The fourth-order valence-corrected chi connectivity index (χ4v) is 2.37. The number of anilines is 1. The van der Waals surface area contributed by atoms with Gasteiger partial charge in [0, 0.05) is 10.2 Å². The second-order valence-corrected chi connectivity index (χ2v) is 5.68. The zero-order valence-electron chi connectivity index (χ0n) is 11.4. The molecule has 2 aromatic carbocycles. The molecule has 0 aliphatic heterocycles. The Morgan fingerprint density at radius 3 is 2.55 bits per heavy atom. The van der Waals surface area contributed by atoms with Crippen molar-refractivity contribution in [2.75, 3.05) is 5.73 Å². The van der Waals surface area contributed by atoms with E-state index in [1.54, 1.807) is 18.2 Å². The Labute approximate surface area is 126 Å². The van der Waals surface area contributed by atoms with Gasteiger partial charge >= 0.3 is 5.97 Å². The van der Waals surface area contributed by atoms with Crippen molar-refractivity contribution in [1.29, 1.82) is 0 Å². The Balaban J connectivity index is 2.06. The SMILES string of the molecule is Cc1ccc(COC(=O)c2cc(N)cc(Br)c2)cc1C. The molecule has 0 spiro atoms. The summed E-state index contributed by atoms with van der Waals surface area (Å²) in [5.41, 5.74) is 10.1. The van der Waals surface area contributed by atoms with Crippen LogP contribution in [0.3, 0.4) is 0 Å². The molecule has 0 heterocycles. The molecule has 4 heteroatoms. The highest BCUT2D eigenvalue weighted by Gasteiger charge is 2.09. The van der Waals surface area contributed by atoms with Crippen LogP contribution in [0.15, 0.2) is 40.9 Å². The van der Waals surface area contributed by atoms with Crippen molar-refractivity contribution in [3.05, 3.63) is 63.1 Å². The van der Waals surface area contributed by atoms with Gasteiger partial charge in [-0.3, -0.25) is 0 Å². The molecule has 104 valence electrons. The lowest BCUT2D eigenvalue weighted by Gasteiger charge is -2.08. The van der Waals surface area contributed by atoms with Gasteiger partial charge < -0.3 is 10.5 Å². The van der Waals surface area contributed by atoms with E-state index in [9.17, 15) is 4.79 Å². The summed E-state index contributed by atoms with van der Waals surface area (Å²) in [5, 5.41) is 0. The summed E-state index contributed by atoms with van der Waals surface area (Å²) in [4.78, 5) is 12.0. The first-order valence-corrected chi connectivity index (χ1v) is 7.04. The third-order valence-electron chi connectivity index (χ3n) is 3.10. The summed E-state index contributed by atoms with van der Waals surface area (Å²) in [6, 6.07) is 11.0. The second kappa shape index (κ2) is 6.09. The molecule has 2 aromatic rings. The summed E-state index contributed by atoms with van der Waals surface area (Å²) in [5.74, 6) is -0.378. The first-order chi connectivity index (χ1) is 9.45. The van der Waals surface area contributed by atoms with E-state index in [2.05, 4.69) is 22.9 Å². The maximum Gasteiger partial charge on any atom is 0.338 e. The zero-order chi connectivity index (χ0) is 14.7. The van der Waals surface area contributed by atoms with E-state index in [1.807, 2.05) is 25.1 Å². The number of aryl methyl sites for hydroxylation is 2. The second-order valence-electron chi connectivity index (χ2n) is 4.77. The van der Waals surface area contributed by atoms with E-state index < -0.39 is 0 Å². The third kappa shape index (κ3) is 3.61. The monoisotopic (exact) mass is 333 g/mol. The van der Waals surface area contributed by atoms with Gasteiger partial charge in [0.05, 0.1) is 5.56 Å². The highest BCUT2D eigenvalue weighted by atomic mass is 79.9. The normalized spacial score (nSPS) is 10.3. The molecule has 0 aliphatic rings. The molecule has 2 rings (SSSR count). The first-order valence-electron chi connectivity index (χ1n) is 6.25. The number of benzene rings is 2. The van der Waals surface area contributed by atoms with Gasteiger partial charge in [-0.25, -0.2) is 4.79 Å².